The predicted molar refractivity (Wildman–Crippen MR) is 79.0 cm³/mol. The first-order valence-electron chi connectivity index (χ1n) is 7.60. The molecule has 20 heavy (non-hydrogen) atoms. The van der Waals surface area contributed by atoms with Crippen molar-refractivity contribution in [2.45, 2.75) is 50.9 Å². The first kappa shape index (κ1) is 15.0. The third-order valence-corrected chi connectivity index (χ3v) is 4.31. The average molecular weight is 276 g/mol. The smallest absolute Gasteiger partial charge is 0.314 e. The van der Waals surface area contributed by atoms with E-state index in [1.807, 2.05) is 18.2 Å². The van der Waals surface area contributed by atoms with Crippen molar-refractivity contribution in [1.29, 1.82) is 0 Å². The molecule has 1 aliphatic carbocycles. The number of fused-ring (bicyclic) bond motifs is 1. The lowest BCUT2D eigenvalue weighted by atomic mass is 9.68. The molecule has 0 aromatic heterocycles. The van der Waals surface area contributed by atoms with Gasteiger partial charge in [-0.1, -0.05) is 37.6 Å². The Morgan fingerprint density at radius 1 is 1.35 bits per heavy atom. The number of rotatable bonds is 7. The summed E-state index contributed by atoms with van der Waals surface area (Å²) in [4.78, 5) is 11.9. The van der Waals surface area contributed by atoms with E-state index in [4.69, 9.17) is 4.74 Å². The van der Waals surface area contributed by atoms with Gasteiger partial charge in [-0.05, 0) is 43.2 Å². The molecule has 0 amide bonds. The number of unbranched alkanes of at least 4 members (excludes halogenated alkanes) is 1. The number of carbonyl (C=O) groups is 1. The van der Waals surface area contributed by atoms with Gasteiger partial charge in [-0.15, -0.1) is 0 Å². The van der Waals surface area contributed by atoms with Crippen molar-refractivity contribution in [3.8, 4) is 0 Å². The van der Waals surface area contributed by atoms with Crippen LogP contribution in [-0.4, -0.2) is 24.3 Å². The van der Waals surface area contributed by atoms with Crippen molar-refractivity contribution in [3.05, 3.63) is 35.4 Å². The Morgan fingerprint density at radius 3 is 2.90 bits per heavy atom. The Hall–Kier alpha value is -1.35. The third kappa shape index (κ3) is 3.04. The minimum absolute atomic E-state index is 0.528. The highest BCUT2D eigenvalue weighted by molar-refractivity contribution is 5.82. The van der Waals surface area contributed by atoms with Crippen LogP contribution >= 0.6 is 0 Å². The van der Waals surface area contributed by atoms with E-state index in [-0.39, 0.29) is 0 Å². The molecule has 3 heteroatoms. The number of aliphatic carboxylic acids is 1. The van der Waals surface area contributed by atoms with Gasteiger partial charge in [-0.25, -0.2) is 0 Å². The van der Waals surface area contributed by atoms with Gasteiger partial charge < -0.3 is 9.84 Å². The molecule has 0 spiro atoms. The van der Waals surface area contributed by atoms with Crippen LogP contribution in [0.25, 0.3) is 0 Å². The highest BCUT2D eigenvalue weighted by Gasteiger charge is 2.42. The summed E-state index contributed by atoms with van der Waals surface area (Å²) < 4.78 is 5.60. The van der Waals surface area contributed by atoms with E-state index in [1.54, 1.807) is 0 Å². The van der Waals surface area contributed by atoms with Crippen LogP contribution < -0.4 is 0 Å². The van der Waals surface area contributed by atoms with Crippen LogP contribution in [0.3, 0.4) is 0 Å². The van der Waals surface area contributed by atoms with Crippen molar-refractivity contribution < 1.29 is 14.6 Å². The van der Waals surface area contributed by atoms with Gasteiger partial charge in [-0.2, -0.15) is 0 Å². The van der Waals surface area contributed by atoms with Crippen molar-refractivity contribution in [2.24, 2.45) is 0 Å². The summed E-state index contributed by atoms with van der Waals surface area (Å²) in [6.45, 7) is 3.38. The zero-order valence-electron chi connectivity index (χ0n) is 12.2. The number of hydrogen-bond donors (Lipinski definition) is 1. The van der Waals surface area contributed by atoms with E-state index in [1.165, 1.54) is 5.56 Å². The average Bonchev–Trinajstić information content (AvgIpc) is 2.47. The van der Waals surface area contributed by atoms with E-state index in [9.17, 15) is 9.90 Å². The largest absolute Gasteiger partial charge is 0.481 e. The Bertz CT molecular complexity index is 455. The maximum Gasteiger partial charge on any atom is 0.314 e. The van der Waals surface area contributed by atoms with E-state index in [0.717, 1.165) is 44.3 Å². The monoisotopic (exact) mass is 276 g/mol. The Labute approximate surface area is 121 Å². The minimum Gasteiger partial charge on any atom is -0.481 e. The van der Waals surface area contributed by atoms with Crippen molar-refractivity contribution in [2.75, 3.05) is 13.2 Å². The van der Waals surface area contributed by atoms with Crippen LogP contribution in [0.2, 0.25) is 0 Å². The Kier molecular flexibility index (Phi) is 5.18. The molecule has 0 fully saturated rings. The maximum absolute atomic E-state index is 11.9. The second-order valence-electron chi connectivity index (χ2n) is 5.61. The Balaban J connectivity index is 2.13. The van der Waals surface area contributed by atoms with Crippen LogP contribution in [0, 0.1) is 0 Å². The fraction of sp³-hybridized carbons (Fsp3) is 0.588. The summed E-state index contributed by atoms with van der Waals surface area (Å²) in [5.74, 6) is -0.705. The molecular formula is C17H24O3. The van der Waals surface area contributed by atoms with Gasteiger partial charge in [-0.3, -0.25) is 4.79 Å². The number of ether oxygens (including phenoxy) is 1. The first-order chi connectivity index (χ1) is 9.70. The molecule has 0 saturated heterocycles. The number of carboxylic acid groups (broad SMARTS) is 1. The quantitative estimate of drug-likeness (QED) is 0.775. The summed E-state index contributed by atoms with van der Waals surface area (Å²) in [5.41, 5.74) is 1.44. The lowest BCUT2D eigenvalue weighted by Crippen LogP contribution is -2.40. The van der Waals surface area contributed by atoms with Gasteiger partial charge in [0.15, 0.2) is 0 Å². The number of aryl methyl sites for hydroxylation is 1. The number of hydrogen-bond acceptors (Lipinski definition) is 2. The lowest BCUT2D eigenvalue weighted by Gasteiger charge is -2.35. The van der Waals surface area contributed by atoms with Crippen LogP contribution in [0.4, 0.5) is 0 Å². The van der Waals surface area contributed by atoms with Gasteiger partial charge in [0.1, 0.15) is 0 Å². The highest BCUT2D eigenvalue weighted by Crippen LogP contribution is 2.40. The van der Waals surface area contributed by atoms with Crippen molar-refractivity contribution >= 4 is 5.97 Å². The zero-order valence-corrected chi connectivity index (χ0v) is 12.2. The summed E-state index contributed by atoms with van der Waals surface area (Å²) >= 11 is 0. The fourth-order valence-electron chi connectivity index (χ4n) is 3.10. The zero-order chi connectivity index (χ0) is 14.4. The van der Waals surface area contributed by atoms with Crippen LogP contribution in [0.15, 0.2) is 24.3 Å². The molecule has 0 heterocycles. The maximum atomic E-state index is 11.9. The SMILES string of the molecule is CCCCOCCC1(C(=O)O)CCCc2ccccc21. The summed E-state index contributed by atoms with van der Waals surface area (Å²) in [6, 6.07) is 7.98. The van der Waals surface area contributed by atoms with E-state index < -0.39 is 11.4 Å². The summed E-state index contributed by atoms with van der Waals surface area (Å²) in [7, 11) is 0. The molecule has 0 aliphatic heterocycles. The van der Waals surface area contributed by atoms with E-state index in [2.05, 4.69) is 13.0 Å². The molecule has 0 saturated carbocycles. The molecule has 1 aromatic rings. The Morgan fingerprint density at radius 2 is 2.15 bits per heavy atom. The number of benzene rings is 1. The number of carboxylic acids is 1. The lowest BCUT2D eigenvalue weighted by molar-refractivity contribution is -0.145. The molecule has 3 nitrogen and oxygen atoms in total. The molecule has 1 aliphatic rings. The molecule has 1 N–H and O–H groups in total. The van der Waals surface area contributed by atoms with E-state index >= 15 is 0 Å². The molecule has 1 aromatic carbocycles. The van der Waals surface area contributed by atoms with Gasteiger partial charge in [0.2, 0.25) is 0 Å². The first-order valence-corrected chi connectivity index (χ1v) is 7.60. The van der Waals surface area contributed by atoms with Gasteiger partial charge in [0.25, 0.3) is 0 Å². The van der Waals surface area contributed by atoms with Crippen LogP contribution in [0.1, 0.15) is 50.2 Å². The summed E-state index contributed by atoms with van der Waals surface area (Å²) in [6.07, 6.45) is 5.36. The molecule has 0 bridgehead atoms. The normalized spacial score (nSPS) is 21.4. The second-order valence-corrected chi connectivity index (χ2v) is 5.61. The molecular weight excluding hydrogens is 252 g/mol. The van der Waals surface area contributed by atoms with Gasteiger partial charge in [0, 0.05) is 13.2 Å². The molecule has 0 radical (unpaired) electrons. The van der Waals surface area contributed by atoms with Gasteiger partial charge >= 0.3 is 5.97 Å². The predicted octanol–water partition coefficient (Wildman–Crippen LogP) is 3.55. The third-order valence-electron chi connectivity index (χ3n) is 4.31. The summed E-state index contributed by atoms with van der Waals surface area (Å²) in [5, 5.41) is 9.78. The topological polar surface area (TPSA) is 46.5 Å². The fourth-order valence-corrected chi connectivity index (χ4v) is 3.10. The second kappa shape index (κ2) is 6.89. The highest BCUT2D eigenvalue weighted by atomic mass is 16.5. The van der Waals surface area contributed by atoms with Gasteiger partial charge in [0.05, 0.1) is 5.41 Å². The standard InChI is InChI=1S/C17H24O3/c1-2-3-12-20-13-11-17(16(18)19)10-6-8-14-7-4-5-9-15(14)17/h4-5,7,9H,2-3,6,8,10-13H2,1H3,(H,18,19). The molecule has 1 unspecified atom stereocenters. The molecule has 110 valence electrons. The molecule has 2 rings (SSSR count). The van der Waals surface area contributed by atoms with Crippen LogP contribution in [0.5, 0.6) is 0 Å². The minimum atomic E-state index is -0.749. The van der Waals surface area contributed by atoms with Crippen molar-refractivity contribution in [3.63, 3.8) is 0 Å². The van der Waals surface area contributed by atoms with Crippen molar-refractivity contribution in [1.82, 2.24) is 0 Å². The van der Waals surface area contributed by atoms with E-state index in [0.29, 0.717) is 13.0 Å². The molecule has 1 atom stereocenters. The van der Waals surface area contributed by atoms with Crippen LogP contribution in [-0.2, 0) is 21.4 Å².